The maximum absolute atomic E-state index is 14.5. The van der Waals surface area contributed by atoms with Gasteiger partial charge in [0.25, 0.3) is 0 Å². The summed E-state index contributed by atoms with van der Waals surface area (Å²) in [6, 6.07) is 12.7. The molecule has 0 aliphatic heterocycles. The lowest BCUT2D eigenvalue weighted by atomic mass is 10.2. The van der Waals surface area contributed by atoms with Gasteiger partial charge in [-0.15, -0.1) is 0 Å². The van der Waals surface area contributed by atoms with E-state index in [1.165, 1.54) is 25.0 Å². The van der Waals surface area contributed by atoms with Crippen LogP contribution in [0.15, 0.2) is 48.5 Å². The normalized spacial score (nSPS) is 14.6. The molecule has 0 spiro atoms. The largest absolute Gasteiger partial charge is 0.435 e. The molecule has 0 bridgehead atoms. The van der Waals surface area contributed by atoms with Crippen LogP contribution in [-0.2, 0) is 11.3 Å². The van der Waals surface area contributed by atoms with Gasteiger partial charge in [0.1, 0.15) is 5.82 Å². The monoisotopic (exact) mass is 499 g/mol. The summed E-state index contributed by atoms with van der Waals surface area (Å²) in [5.41, 5.74) is 2.29. The number of halogens is 2. The summed E-state index contributed by atoms with van der Waals surface area (Å²) in [6.45, 7) is 8.65. The number of rotatable bonds is 13. The Hall–Kier alpha value is -2.81. The maximum Gasteiger partial charge on any atom is 0.227 e. The molecule has 1 fully saturated rings. The number of aliphatic hydroxyl groups excluding tert-OH is 1. The zero-order valence-corrected chi connectivity index (χ0v) is 21.2. The minimum atomic E-state index is -0.785. The highest BCUT2D eigenvalue weighted by molar-refractivity contribution is 5.43. The van der Waals surface area contributed by atoms with Crippen molar-refractivity contribution in [2.75, 3.05) is 26.3 Å². The number of benzene rings is 2. The number of para-hydroxylation sites is 1. The van der Waals surface area contributed by atoms with Crippen LogP contribution in [0.3, 0.4) is 0 Å². The van der Waals surface area contributed by atoms with E-state index in [4.69, 9.17) is 14.6 Å². The predicted octanol–water partition coefficient (Wildman–Crippen LogP) is 5.50. The molecule has 1 saturated carbocycles. The fourth-order valence-corrected chi connectivity index (χ4v) is 4.11. The van der Waals surface area contributed by atoms with E-state index in [2.05, 4.69) is 18.7 Å². The zero-order valence-electron chi connectivity index (χ0n) is 21.2. The molecule has 1 atom stereocenters. The molecular weight excluding hydrogens is 464 g/mol. The number of ether oxygens (including phenoxy) is 2. The fourth-order valence-electron chi connectivity index (χ4n) is 4.11. The molecule has 1 heterocycles. The predicted molar refractivity (Wildman–Crippen MR) is 134 cm³/mol. The van der Waals surface area contributed by atoms with Gasteiger partial charge in [-0.2, -0.15) is 5.10 Å². The Kier molecular flexibility index (Phi) is 8.72. The average molecular weight is 500 g/mol. The third kappa shape index (κ3) is 7.12. The summed E-state index contributed by atoms with van der Waals surface area (Å²) in [5.74, 6) is -0.166. The maximum atomic E-state index is 14.5. The van der Waals surface area contributed by atoms with Gasteiger partial charge in [-0.3, -0.25) is 4.90 Å². The van der Waals surface area contributed by atoms with Gasteiger partial charge in [-0.1, -0.05) is 32.0 Å². The van der Waals surface area contributed by atoms with Gasteiger partial charge < -0.3 is 14.6 Å². The zero-order chi connectivity index (χ0) is 25.7. The molecule has 4 rings (SSSR count). The van der Waals surface area contributed by atoms with Crippen molar-refractivity contribution < 1.29 is 23.4 Å². The van der Waals surface area contributed by atoms with Crippen LogP contribution in [0.1, 0.15) is 37.9 Å². The van der Waals surface area contributed by atoms with E-state index >= 15 is 0 Å². The number of aryl methyl sites for hydroxylation is 1. The van der Waals surface area contributed by atoms with Gasteiger partial charge in [0.2, 0.25) is 5.88 Å². The highest BCUT2D eigenvalue weighted by Gasteiger charge is 2.28. The summed E-state index contributed by atoms with van der Waals surface area (Å²) in [4.78, 5) is 2.19. The minimum absolute atomic E-state index is 0.0782. The molecule has 0 unspecified atom stereocenters. The molecule has 1 N–H and O–H groups in total. The Labute approximate surface area is 211 Å². The molecule has 0 radical (unpaired) electrons. The van der Waals surface area contributed by atoms with E-state index in [-0.39, 0.29) is 12.4 Å². The lowest BCUT2D eigenvalue weighted by Crippen LogP contribution is -2.36. The molecule has 194 valence electrons. The second-order valence-corrected chi connectivity index (χ2v) is 10.0. The standard InChI is InChI=1S/C28H35F2N3O3/c1-19(2)17-35-18-24(34)15-32(14-21-9-10-21)16-25-20(3)31-33(23-7-5-4-6-8-23)28(25)36-27-12-11-22(29)13-26(27)30/h4-8,11-13,19,21,24,34H,9-10,14-18H2,1-3H3/t24-/m1/s1. The first-order chi connectivity index (χ1) is 17.3. The molecule has 6 nitrogen and oxygen atoms in total. The van der Waals surface area contributed by atoms with E-state index in [9.17, 15) is 13.9 Å². The molecule has 1 aliphatic carbocycles. The van der Waals surface area contributed by atoms with Gasteiger partial charge in [0, 0.05) is 32.3 Å². The number of hydrogen-bond acceptors (Lipinski definition) is 5. The van der Waals surface area contributed by atoms with Crippen LogP contribution in [0.4, 0.5) is 8.78 Å². The SMILES string of the molecule is Cc1nn(-c2ccccc2)c(Oc2ccc(F)cc2F)c1CN(CC1CC1)C[C@@H](O)COCC(C)C. The van der Waals surface area contributed by atoms with E-state index in [0.717, 1.165) is 29.6 Å². The second kappa shape index (κ2) is 12.0. The minimum Gasteiger partial charge on any atom is -0.435 e. The third-order valence-corrected chi connectivity index (χ3v) is 6.06. The van der Waals surface area contributed by atoms with Crippen molar-refractivity contribution in [3.63, 3.8) is 0 Å². The lowest BCUT2D eigenvalue weighted by Gasteiger charge is -2.25. The molecule has 1 aromatic heterocycles. The smallest absolute Gasteiger partial charge is 0.227 e. The number of aromatic nitrogens is 2. The van der Waals surface area contributed by atoms with Crippen LogP contribution in [-0.4, -0.2) is 52.2 Å². The number of hydrogen-bond donors (Lipinski definition) is 1. The molecule has 1 aliphatic rings. The van der Waals surface area contributed by atoms with Crippen molar-refractivity contribution in [2.24, 2.45) is 11.8 Å². The van der Waals surface area contributed by atoms with E-state index < -0.39 is 17.7 Å². The summed E-state index contributed by atoms with van der Waals surface area (Å²) in [7, 11) is 0. The van der Waals surface area contributed by atoms with Gasteiger partial charge >= 0.3 is 0 Å². The second-order valence-electron chi connectivity index (χ2n) is 10.0. The first kappa shape index (κ1) is 26.3. The quantitative estimate of drug-likeness (QED) is 0.337. The van der Waals surface area contributed by atoms with Crippen LogP contribution >= 0.6 is 0 Å². The summed E-state index contributed by atoms with van der Waals surface area (Å²) >= 11 is 0. The lowest BCUT2D eigenvalue weighted by molar-refractivity contribution is 0.00609. The van der Waals surface area contributed by atoms with E-state index in [1.807, 2.05) is 37.3 Å². The Bertz CT molecular complexity index is 1130. The van der Waals surface area contributed by atoms with Gasteiger partial charge in [-0.05, 0) is 55.9 Å². The first-order valence-electron chi connectivity index (χ1n) is 12.5. The molecule has 8 heteroatoms. The highest BCUT2D eigenvalue weighted by atomic mass is 19.1. The van der Waals surface area contributed by atoms with Crippen LogP contribution in [0.25, 0.3) is 5.69 Å². The Balaban J connectivity index is 1.62. The Morgan fingerprint density at radius 3 is 2.53 bits per heavy atom. The van der Waals surface area contributed by atoms with Gasteiger partial charge in [-0.25, -0.2) is 13.5 Å². The van der Waals surface area contributed by atoms with Crippen LogP contribution in [0, 0.1) is 30.4 Å². The summed E-state index contributed by atoms with van der Waals surface area (Å²) in [5, 5.41) is 15.4. The van der Waals surface area contributed by atoms with Crippen molar-refractivity contribution in [3.8, 4) is 17.3 Å². The average Bonchev–Trinajstić information content (AvgIpc) is 3.60. The molecular formula is C28H35F2N3O3. The number of nitrogens with zero attached hydrogens (tertiary/aromatic N) is 3. The highest BCUT2D eigenvalue weighted by Crippen LogP contribution is 2.35. The Morgan fingerprint density at radius 1 is 1.11 bits per heavy atom. The van der Waals surface area contributed by atoms with Crippen LogP contribution < -0.4 is 4.74 Å². The van der Waals surface area contributed by atoms with E-state index in [1.54, 1.807) is 4.68 Å². The topological polar surface area (TPSA) is 59.8 Å². The summed E-state index contributed by atoms with van der Waals surface area (Å²) < 4.78 is 41.4. The van der Waals surface area contributed by atoms with Crippen molar-refractivity contribution in [3.05, 3.63) is 71.4 Å². The first-order valence-corrected chi connectivity index (χ1v) is 12.5. The third-order valence-electron chi connectivity index (χ3n) is 6.06. The van der Waals surface area contributed by atoms with Crippen molar-refractivity contribution >= 4 is 0 Å². The molecule has 36 heavy (non-hydrogen) atoms. The molecule has 3 aromatic rings. The fraction of sp³-hybridized carbons (Fsp3) is 0.464. The van der Waals surface area contributed by atoms with Gasteiger partial charge in [0.05, 0.1) is 29.7 Å². The van der Waals surface area contributed by atoms with Crippen LogP contribution in [0.2, 0.25) is 0 Å². The molecule has 0 amide bonds. The van der Waals surface area contributed by atoms with Gasteiger partial charge in [0.15, 0.2) is 11.6 Å². The summed E-state index contributed by atoms with van der Waals surface area (Å²) in [6.07, 6.45) is 1.71. The Morgan fingerprint density at radius 2 is 1.86 bits per heavy atom. The van der Waals surface area contributed by atoms with Crippen LogP contribution in [0.5, 0.6) is 11.6 Å². The van der Waals surface area contributed by atoms with Crippen molar-refractivity contribution in [1.29, 1.82) is 0 Å². The molecule has 2 aromatic carbocycles. The molecule has 0 saturated heterocycles. The van der Waals surface area contributed by atoms with E-state index in [0.29, 0.717) is 37.4 Å². The number of aliphatic hydroxyl groups is 1. The van der Waals surface area contributed by atoms with Crippen molar-refractivity contribution in [1.82, 2.24) is 14.7 Å². The van der Waals surface area contributed by atoms with Crippen molar-refractivity contribution in [2.45, 2.75) is 46.3 Å².